The molecule has 6 N–H and O–H groups in total. The first-order valence-corrected chi connectivity index (χ1v) is 12.6. The van der Waals surface area contributed by atoms with E-state index in [-0.39, 0.29) is 18.6 Å². The van der Waals surface area contributed by atoms with Gasteiger partial charge in [-0.25, -0.2) is 0 Å². The Bertz CT molecular complexity index is 1070. The number of ketones is 1. The summed E-state index contributed by atoms with van der Waals surface area (Å²) in [6.45, 7) is 4.81. The van der Waals surface area contributed by atoms with Crippen LogP contribution in [0.3, 0.4) is 0 Å². The molecule has 6 aliphatic rings. The van der Waals surface area contributed by atoms with E-state index < -0.39 is 102 Å². The maximum absolute atomic E-state index is 13.4. The summed E-state index contributed by atoms with van der Waals surface area (Å²) >= 11 is 0. The van der Waals surface area contributed by atoms with Crippen molar-refractivity contribution in [2.45, 2.75) is 81.1 Å². The number of rotatable bonds is 4. The molecule has 2 saturated heterocycles. The molecule has 0 aromatic heterocycles. The van der Waals surface area contributed by atoms with Crippen LogP contribution in [0.25, 0.3) is 0 Å². The smallest absolute Gasteiger partial charge is 0.315 e. The van der Waals surface area contributed by atoms with Crippen LogP contribution in [0.2, 0.25) is 0 Å². The van der Waals surface area contributed by atoms with Gasteiger partial charge in [-0.3, -0.25) is 14.4 Å². The van der Waals surface area contributed by atoms with Crippen LogP contribution in [0.5, 0.6) is 0 Å². The van der Waals surface area contributed by atoms with Crippen LogP contribution in [-0.4, -0.2) is 103 Å². The Kier molecular flexibility index (Phi) is 5.35. The first-order valence-electron chi connectivity index (χ1n) is 12.6. The Morgan fingerprint density at radius 2 is 1.84 bits per heavy atom. The van der Waals surface area contributed by atoms with E-state index in [1.807, 2.05) is 0 Å². The number of carbonyl (C=O) groups excluding carboxylic acids is 2. The maximum Gasteiger partial charge on any atom is 0.315 e. The van der Waals surface area contributed by atoms with Gasteiger partial charge in [0.2, 0.25) is 0 Å². The highest BCUT2D eigenvalue weighted by atomic mass is 16.7. The molecule has 204 valence electrons. The van der Waals surface area contributed by atoms with Crippen LogP contribution in [-0.2, 0) is 28.6 Å². The van der Waals surface area contributed by atoms with Crippen molar-refractivity contribution in [2.24, 2.45) is 34.5 Å². The molecule has 37 heavy (non-hydrogen) atoms. The van der Waals surface area contributed by atoms with Crippen molar-refractivity contribution in [3.8, 4) is 0 Å². The van der Waals surface area contributed by atoms with E-state index in [1.165, 1.54) is 6.92 Å². The minimum absolute atomic E-state index is 0.0101. The molecule has 2 aliphatic heterocycles. The molecule has 2 heterocycles. The van der Waals surface area contributed by atoms with Crippen LogP contribution in [0.4, 0.5) is 0 Å². The molecule has 6 fully saturated rings. The molecule has 0 unspecified atom stereocenters. The van der Waals surface area contributed by atoms with Crippen LogP contribution < -0.4 is 0 Å². The molecule has 0 amide bonds. The molecule has 12 nitrogen and oxygen atoms in total. The fourth-order valence-electron chi connectivity index (χ4n) is 8.93. The maximum atomic E-state index is 13.4. The van der Waals surface area contributed by atoms with Gasteiger partial charge in [0, 0.05) is 30.6 Å². The number of aliphatic carboxylic acids is 1. The number of hydrogen-bond acceptors (Lipinski definition) is 11. The van der Waals surface area contributed by atoms with Gasteiger partial charge in [0.25, 0.3) is 0 Å². The predicted molar refractivity (Wildman–Crippen MR) is 118 cm³/mol. The predicted octanol–water partition coefficient (Wildman–Crippen LogP) is -1.89. The van der Waals surface area contributed by atoms with Crippen molar-refractivity contribution in [2.75, 3.05) is 6.61 Å². The number of ether oxygens (including phenoxy) is 3. The number of aliphatic hydroxyl groups is 5. The largest absolute Gasteiger partial charge is 0.481 e. The molecule has 0 radical (unpaired) electrons. The summed E-state index contributed by atoms with van der Waals surface area (Å²) in [6.07, 6.45) is -10.2. The molecular weight excluding hydrogens is 492 g/mol. The summed E-state index contributed by atoms with van der Waals surface area (Å²) < 4.78 is 17.4. The molecule has 12 heteroatoms. The summed E-state index contributed by atoms with van der Waals surface area (Å²) in [4.78, 5) is 39.2. The molecule has 4 saturated carbocycles. The molecule has 0 aromatic carbocycles. The Balaban J connectivity index is 1.41. The van der Waals surface area contributed by atoms with E-state index in [1.54, 1.807) is 0 Å². The first-order chi connectivity index (χ1) is 17.3. The van der Waals surface area contributed by atoms with Crippen LogP contribution in [0.15, 0.2) is 12.2 Å². The zero-order valence-electron chi connectivity index (χ0n) is 20.2. The minimum atomic E-state index is -1.74. The second-order valence-electron chi connectivity index (χ2n) is 12.0. The van der Waals surface area contributed by atoms with Gasteiger partial charge < -0.3 is 44.8 Å². The molecular formula is C25H32O12. The van der Waals surface area contributed by atoms with Crippen molar-refractivity contribution in [1.82, 2.24) is 0 Å². The van der Waals surface area contributed by atoms with E-state index in [0.717, 1.165) is 0 Å². The van der Waals surface area contributed by atoms with Gasteiger partial charge in [0.05, 0.1) is 24.7 Å². The number of fused-ring (bicyclic) bond motifs is 1. The van der Waals surface area contributed by atoms with Crippen molar-refractivity contribution in [3.63, 3.8) is 0 Å². The third-order valence-electron chi connectivity index (χ3n) is 10.5. The monoisotopic (exact) mass is 524 g/mol. The summed E-state index contributed by atoms with van der Waals surface area (Å²) in [5.41, 5.74) is -3.31. The van der Waals surface area contributed by atoms with Crippen molar-refractivity contribution >= 4 is 17.7 Å². The highest BCUT2D eigenvalue weighted by Crippen LogP contribution is 2.77. The second-order valence-corrected chi connectivity index (χ2v) is 12.0. The van der Waals surface area contributed by atoms with Crippen LogP contribution in [0, 0.1) is 34.5 Å². The minimum Gasteiger partial charge on any atom is -0.481 e. The van der Waals surface area contributed by atoms with Crippen LogP contribution >= 0.6 is 0 Å². The van der Waals surface area contributed by atoms with E-state index in [2.05, 4.69) is 6.58 Å². The lowest BCUT2D eigenvalue weighted by Gasteiger charge is -2.49. The highest BCUT2D eigenvalue weighted by molar-refractivity contribution is 5.90. The van der Waals surface area contributed by atoms with Gasteiger partial charge in [0.15, 0.2) is 6.29 Å². The molecule has 6 rings (SSSR count). The summed E-state index contributed by atoms with van der Waals surface area (Å²) in [5.74, 6) is -5.05. The summed E-state index contributed by atoms with van der Waals surface area (Å²) in [6, 6.07) is 0. The van der Waals surface area contributed by atoms with E-state index >= 15 is 0 Å². The Morgan fingerprint density at radius 3 is 2.49 bits per heavy atom. The van der Waals surface area contributed by atoms with E-state index in [9.17, 15) is 45.0 Å². The Labute approximate surface area is 211 Å². The standard InChI is InChI=1S/C25H32O12/c1-8-4-24-5-9(8)10(27)3-13(24)25-6-11(35-21-17(30)16(29)15(28)12(7-26)36-21)19(31)23(2,22(34)37-25)18(25)14(24)20(32)33/h9,11-19,21,26,28-31H,1,3-7H2,2H3,(H,32,33)/t9-,11+,12-,13-,14-,15-,16+,17-,18-,19+,21-,23+,24+,25-/m1/s1. The lowest BCUT2D eigenvalue weighted by Crippen LogP contribution is -2.63. The lowest BCUT2D eigenvalue weighted by molar-refractivity contribution is -0.326. The SMILES string of the molecule is C=C1C[C@]23C[C@H]1C(=O)C[C@H]2[C@@]12C[C@H](O[C@@H]4O[C@H](CO)[C@@H](O)[C@H](O)[C@H]4O)[C@H](O)[C@@](C)(C(=O)O1)[C@H]2[C@@H]3C(=O)O. The third-order valence-corrected chi connectivity index (χ3v) is 10.5. The van der Waals surface area contributed by atoms with Gasteiger partial charge in [-0.1, -0.05) is 12.2 Å². The first kappa shape index (κ1) is 25.4. The zero-order chi connectivity index (χ0) is 26.8. The quantitative estimate of drug-likeness (QED) is 0.177. The van der Waals surface area contributed by atoms with Crippen molar-refractivity contribution in [3.05, 3.63) is 12.2 Å². The fourth-order valence-corrected chi connectivity index (χ4v) is 8.93. The van der Waals surface area contributed by atoms with Gasteiger partial charge in [0.1, 0.15) is 41.2 Å². The van der Waals surface area contributed by atoms with Crippen molar-refractivity contribution in [1.29, 1.82) is 0 Å². The fraction of sp³-hybridized carbons (Fsp3) is 0.800. The normalized spacial score (nSPS) is 56.2. The summed E-state index contributed by atoms with van der Waals surface area (Å²) in [7, 11) is 0. The number of allylic oxidation sites excluding steroid dienone is 1. The highest BCUT2D eigenvalue weighted by Gasteiger charge is 2.85. The Hall–Kier alpha value is -1.93. The number of hydrogen-bond donors (Lipinski definition) is 6. The van der Waals surface area contributed by atoms with E-state index in [0.29, 0.717) is 18.4 Å². The number of esters is 1. The average molecular weight is 525 g/mol. The average Bonchev–Trinajstić information content (AvgIpc) is 3.33. The summed E-state index contributed by atoms with van der Waals surface area (Å²) in [5, 5.41) is 62.2. The van der Waals surface area contributed by atoms with Crippen LogP contribution in [0.1, 0.15) is 32.6 Å². The topological polar surface area (TPSA) is 200 Å². The number of carboxylic acid groups (broad SMARTS) is 1. The molecule has 14 atom stereocenters. The number of Topliss-reactive ketones (excluding diaryl/α,β-unsaturated/α-hetero) is 1. The lowest BCUT2D eigenvalue weighted by atomic mass is 9.58. The molecule has 1 spiro atoms. The molecule has 0 aromatic rings. The number of carbonyl (C=O) groups is 3. The zero-order valence-corrected chi connectivity index (χ0v) is 20.2. The second kappa shape index (κ2) is 7.81. The molecule has 4 bridgehead atoms. The molecule has 4 aliphatic carbocycles. The van der Waals surface area contributed by atoms with Gasteiger partial charge in [-0.2, -0.15) is 0 Å². The third kappa shape index (κ3) is 2.89. The van der Waals surface area contributed by atoms with E-state index in [4.69, 9.17) is 14.2 Å². The number of carboxylic acids is 1. The van der Waals surface area contributed by atoms with Crippen molar-refractivity contribution < 1.29 is 59.2 Å². The number of aliphatic hydroxyl groups excluding tert-OH is 5. The van der Waals surface area contributed by atoms with Gasteiger partial charge in [-0.15, -0.1) is 0 Å². The Morgan fingerprint density at radius 1 is 1.14 bits per heavy atom. The van der Waals surface area contributed by atoms with Gasteiger partial charge >= 0.3 is 11.9 Å². The van der Waals surface area contributed by atoms with Gasteiger partial charge in [-0.05, 0) is 25.2 Å².